The summed E-state index contributed by atoms with van der Waals surface area (Å²) in [5.41, 5.74) is 0.621. The number of aromatic nitrogens is 1. The van der Waals surface area contributed by atoms with Crippen LogP contribution in [0.1, 0.15) is 40.5 Å². The minimum absolute atomic E-state index is 0.138. The largest absolute Gasteiger partial charge is 0.492 e. The van der Waals surface area contributed by atoms with E-state index in [9.17, 15) is 4.79 Å². The smallest absolute Gasteiger partial charge is 0.256 e. The summed E-state index contributed by atoms with van der Waals surface area (Å²) in [6.07, 6.45) is 3.26. The van der Waals surface area contributed by atoms with Crippen molar-refractivity contribution in [1.29, 1.82) is 0 Å². The van der Waals surface area contributed by atoms with Crippen molar-refractivity contribution in [2.45, 2.75) is 46.1 Å². The monoisotopic (exact) mass is 330 g/mol. The summed E-state index contributed by atoms with van der Waals surface area (Å²) in [7, 11) is 0. The number of benzene rings is 1. The van der Waals surface area contributed by atoms with Crippen LogP contribution in [0.4, 0.5) is 5.69 Å². The van der Waals surface area contributed by atoms with Gasteiger partial charge in [-0.25, -0.2) is 0 Å². The predicted octanol–water partition coefficient (Wildman–Crippen LogP) is 4.17. The van der Waals surface area contributed by atoms with Crippen LogP contribution < -0.4 is 10.1 Å². The highest BCUT2D eigenvalue weighted by Crippen LogP contribution is 2.31. The second-order valence-corrected chi connectivity index (χ2v) is 5.81. The number of anilines is 1. The molecule has 0 aliphatic rings. The first-order valence-corrected chi connectivity index (χ1v) is 8.51. The number of nitrogens with one attached hydrogen (secondary N) is 1. The van der Waals surface area contributed by atoms with E-state index in [4.69, 9.17) is 9.47 Å². The lowest BCUT2D eigenvalue weighted by atomic mass is 9.98. The Bertz CT molecular complexity index is 694. The number of rotatable bonds is 8. The van der Waals surface area contributed by atoms with E-state index in [1.54, 1.807) is 6.20 Å². The Morgan fingerprint density at radius 2 is 2.00 bits per heavy atom. The molecular weight excluding hydrogens is 304 g/mol. The summed E-state index contributed by atoms with van der Waals surface area (Å²) < 4.78 is 11.3. The number of ether oxygens (including phenoxy) is 2. The van der Waals surface area contributed by atoms with E-state index in [-0.39, 0.29) is 5.91 Å². The summed E-state index contributed by atoms with van der Waals surface area (Å²) in [5, 5.41) is 3.86. The molecule has 1 heterocycles. The third-order valence-electron chi connectivity index (χ3n) is 3.95. The molecule has 2 aromatic rings. The molecule has 5 heteroatoms. The Labute approximate surface area is 143 Å². The van der Waals surface area contributed by atoms with Gasteiger partial charge in [-0.2, -0.15) is 0 Å². The van der Waals surface area contributed by atoms with Crippen LogP contribution in [0.3, 0.4) is 0 Å². The number of nitrogens with zero attached hydrogens (tertiary/aromatic N) is 1. The fourth-order valence-corrected chi connectivity index (χ4v) is 2.83. The van der Waals surface area contributed by atoms with Gasteiger partial charge in [0.25, 0.3) is 5.91 Å². The highest BCUT2D eigenvalue weighted by Gasteiger charge is 2.33. The summed E-state index contributed by atoms with van der Waals surface area (Å²) >= 11 is 0. The fourth-order valence-electron chi connectivity index (χ4n) is 2.83. The maximum absolute atomic E-state index is 12.8. The standard InChI is InChI=1S/C19H26N2O3/c1-5-12-19(4,24-7-3)18(22)21-15-10-11-16(23-6-2)17-14(15)9-8-13-20-17/h8-11,13H,5-7,12H2,1-4H3,(H,21,22)/t19-/m0/s1. The molecule has 5 nitrogen and oxygen atoms in total. The number of carbonyl (C=O) groups excluding carboxylic acids is 1. The van der Waals surface area contributed by atoms with Gasteiger partial charge in [-0.3, -0.25) is 9.78 Å². The Kier molecular flexibility index (Phi) is 6.15. The van der Waals surface area contributed by atoms with Gasteiger partial charge >= 0.3 is 0 Å². The Balaban J connectivity index is 2.36. The minimum atomic E-state index is -0.837. The molecule has 130 valence electrons. The van der Waals surface area contributed by atoms with Gasteiger partial charge < -0.3 is 14.8 Å². The quantitative estimate of drug-likeness (QED) is 0.789. The van der Waals surface area contributed by atoms with Gasteiger partial charge in [0.1, 0.15) is 16.9 Å². The third kappa shape index (κ3) is 3.85. The van der Waals surface area contributed by atoms with Crippen LogP contribution in [-0.2, 0) is 9.53 Å². The van der Waals surface area contributed by atoms with Crippen molar-refractivity contribution in [2.75, 3.05) is 18.5 Å². The average Bonchev–Trinajstić information content (AvgIpc) is 2.57. The van der Waals surface area contributed by atoms with Crippen molar-refractivity contribution in [3.05, 3.63) is 30.5 Å². The van der Waals surface area contributed by atoms with Crippen molar-refractivity contribution in [2.24, 2.45) is 0 Å². The molecular formula is C19H26N2O3. The summed E-state index contributed by atoms with van der Waals surface area (Å²) in [4.78, 5) is 17.2. The van der Waals surface area contributed by atoms with Gasteiger partial charge in [-0.15, -0.1) is 0 Å². The molecule has 1 amide bonds. The molecule has 0 spiro atoms. The SMILES string of the molecule is CCC[C@](C)(OCC)C(=O)Nc1ccc(OCC)c2ncccc12. The number of amides is 1. The summed E-state index contributed by atoms with van der Waals surface area (Å²) in [6.45, 7) is 8.77. The second-order valence-electron chi connectivity index (χ2n) is 5.81. The van der Waals surface area contributed by atoms with E-state index < -0.39 is 5.60 Å². The highest BCUT2D eigenvalue weighted by molar-refractivity contribution is 6.05. The van der Waals surface area contributed by atoms with E-state index in [1.165, 1.54) is 0 Å². The number of fused-ring (bicyclic) bond motifs is 1. The Morgan fingerprint density at radius 3 is 2.67 bits per heavy atom. The van der Waals surface area contributed by atoms with Crippen LogP contribution >= 0.6 is 0 Å². The first-order valence-electron chi connectivity index (χ1n) is 8.51. The molecule has 1 aromatic carbocycles. The summed E-state index contributed by atoms with van der Waals surface area (Å²) in [6, 6.07) is 7.47. The molecule has 0 saturated carbocycles. The molecule has 0 saturated heterocycles. The van der Waals surface area contributed by atoms with Crippen molar-refractivity contribution in [1.82, 2.24) is 4.98 Å². The molecule has 24 heavy (non-hydrogen) atoms. The molecule has 0 fully saturated rings. The van der Waals surface area contributed by atoms with Crippen molar-refractivity contribution < 1.29 is 14.3 Å². The lowest BCUT2D eigenvalue weighted by Crippen LogP contribution is -2.42. The third-order valence-corrected chi connectivity index (χ3v) is 3.95. The Hall–Kier alpha value is -2.14. The average molecular weight is 330 g/mol. The van der Waals surface area contributed by atoms with Gasteiger partial charge in [0.15, 0.2) is 0 Å². The maximum atomic E-state index is 12.8. The lowest BCUT2D eigenvalue weighted by Gasteiger charge is -2.28. The van der Waals surface area contributed by atoms with E-state index in [2.05, 4.69) is 10.3 Å². The van der Waals surface area contributed by atoms with Crippen molar-refractivity contribution in [3.8, 4) is 5.75 Å². The van der Waals surface area contributed by atoms with Gasteiger partial charge in [0.2, 0.25) is 0 Å². The van der Waals surface area contributed by atoms with Crippen LogP contribution in [0.25, 0.3) is 10.9 Å². The molecule has 0 radical (unpaired) electrons. The van der Waals surface area contributed by atoms with E-state index in [0.29, 0.717) is 31.1 Å². The van der Waals surface area contributed by atoms with Crippen LogP contribution in [0.15, 0.2) is 30.5 Å². The van der Waals surface area contributed by atoms with Crippen molar-refractivity contribution >= 4 is 22.5 Å². The van der Waals surface area contributed by atoms with Crippen LogP contribution in [-0.4, -0.2) is 29.7 Å². The lowest BCUT2D eigenvalue weighted by molar-refractivity contribution is -0.139. The topological polar surface area (TPSA) is 60.5 Å². The van der Waals surface area contributed by atoms with Crippen molar-refractivity contribution in [3.63, 3.8) is 0 Å². The van der Waals surface area contributed by atoms with Crippen LogP contribution in [0, 0.1) is 0 Å². The number of carbonyl (C=O) groups is 1. The van der Waals surface area contributed by atoms with E-state index in [1.807, 2.05) is 52.0 Å². The number of hydrogen-bond donors (Lipinski definition) is 1. The van der Waals surface area contributed by atoms with E-state index >= 15 is 0 Å². The first-order chi connectivity index (χ1) is 11.6. The second kappa shape index (κ2) is 8.11. The zero-order valence-electron chi connectivity index (χ0n) is 14.9. The fraction of sp³-hybridized carbons (Fsp3) is 0.474. The molecule has 0 aliphatic carbocycles. The molecule has 1 atom stereocenters. The maximum Gasteiger partial charge on any atom is 0.256 e. The summed E-state index contributed by atoms with van der Waals surface area (Å²) in [5.74, 6) is 0.577. The normalized spacial score (nSPS) is 13.5. The van der Waals surface area contributed by atoms with Crippen LogP contribution in [0.2, 0.25) is 0 Å². The predicted molar refractivity (Wildman–Crippen MR) is 96.5 cm³/mol. The number of hydrogen-bond acceptors (Lipinski definition) is 4. The molecule has 0 unspecified atom stereocenters. The van der Waals surface area contributed by atoms with Gasteiger partial charge in [-0.1, -0.05) is 13.3 Å². The van der Waals surface area contributed by atoms with Gasteiger partial charge in [-0.05, 0) is 51.5 Å². The molecule has 1 N–H and O–H groups in total. The highest BCUT2D eigenvalue weighted by atomic mass is 16.5. The molecule has 1 aromatic heterocycles. The zero-order chi connectivity index (χ0) is 17.6. The minimum Gasteiger partial charge on any atom is -0.492 e. The molecule has 0 aliphatic heterocycles. The number of pyridine rings is 1. The van der Waals surface area contributed by atoms with E-state index in [0.717, 1.165) is 17.3 Å². The molecule has 0 bridgehead atoms. The Morgan fingerprint density at radius 1 is 1.21 bits per heavy atom. The zero-order valence-corrected chi connectivity index (χ0v) is 14.9. The first kappa shape index (κ1) is 18.2. The van der Waals surface area contributed by atoms with Gasteiger partial charge in [0.05, 0.1) is 12.3 Å². The van der Waals surface area contributed by atoms with Gasteiger partial charge in [0, 0.05) is 18.2 Å². The molecule has 2 rings (SSSR count). The van der Waals surface area contributed by atoms with Crippen LogP contribution in [0.5, 0.6) is 5.75 Å².